The van der Waals surface area contributed by atoms with E-state index in [4.69, 9.17) is 0 Å². The first-order valence-electron chi connectivity index (χ1n) is 6.39. The van der Waals surface area contributed by atoms with Crippen molar-refractivity contribution in [2.45, 2.75) is 18.5 Å². The highest BCUT2D eigenvalue weighted by molar-refractivity contribution is 7.91. The molecule has 2 rings (SSSR count). The van der Waals surface area contributed by atoms with E-state index in [0.29, 0.717) is 12.1 Å². The van der Waals surface area contributed by atoms with Crippen LogP contribution in [0.1, 0.15) is 13.3 Å². The van der Waals surface area contributed by atoms with Gasteiger partial charge in [-0.05, 0) is 35.9 Å². The van der Waals surface area contributed by atoms with Gasteiger partial charge in [0.25, 0.3) is 5.16 Å². The summed E-state index contributed by atoms with van der Waals surface area (Å²) >= 11 is 0. The first-order valence-corrected chi connectivity index (χ1v) is 8.04. The molecule has 0 saturated heterocycles. The minimum atomic E-state index is -3.55. The number of para-hydroxylation sites is 1. The average Bonchev–Trinajstić information content (AvgIpc) is 2.95. The molecule has 0 aliphatic rings. The Labute approximate surface area is 123 Å². The third kappa shape index (κ3) is 3.85. The van der Waals surface area contributed by atoms with E-state index in [1.165, 1.54) is 4.68 Å². The number of nitrogens with zero attached hydrogens (tertiary/aromatic N) is 4. The summed E-state index contributed by atoms with van der Waals surface area (Å²) in [7, 11) is -3.55. The lowest BCUT2D eigenvalue weighted by atomic mass is 10.3. The van der Waals surface area contributed by atoms with Crippen LogP contribution in [0.15, 0.2) is 59.8 Å². The fourth-order valence-corrected chi connectivity index (χ4v) is 2.90. The molecule has 0 amide bonds. The van der Waals surface area contributed by atoms with Crippen LogP contribution in [0.4, 0.5) is 0 Å². The number of sulfone groups is 1. The standard InChI is InChI=1S/C14H16N4O2S/c1-12(2)8-6-7-11-21(19,20)14-15-16-17-18(14)13-9-4-3-5-10-13/h3-6,8-10H,1,7,11H2,2H3/b8-6+. The van der Waals surface area contributed by atoms with E-state index in [1.54, 1.807) is 36.4 Å². The minimum absolute atomic E-state index is 0.0516. The molecule has 2 aromatic rings. The van der Waals surface area contributed by atoms with Crippen LogP contribution in [0.5, 0.6) is 0 Å². The first kappa shape index (κ1) is 15.1. The Morgan fingerprint density at radius 2 is 2.05 bits per heavy atom. The molecule has 0 aliphatic carbocycles. The zero-order valence-electron chi connectivity index (χ0n) is 11.7. The number of hydrogen-bond acceptors (Lipinski definition) is 5. The maximum atomic E-state index is 12.3. The molecule has 0 fully saturated rings. The van der Waals surface area contributed by atoms with E-state index in [2.05, 4.69) is 22.1 Å². The summed E-state index contributed by atoms with van der Waals surface area (Å²) in [4.78, 5) is 0. The molecular formula is C14H16N4O2S. The van der Waals surface area contributed by atoms with Crippen molar-refractivity contribution in [1.29, 1.82) is 0 Å². The molecule has 1 heterocycles. The Bertz CT molecular complexity index is 748. The Kier molecular flexibility index (Phi) is 4.64. The SMILES string of the molecule is C=C(C)/C=C/CCS(=O)(=O)c1nnnn1-c1ccccc1. The summed E-state index contributed by atoms with van der Waals surface area (Å²) in [6.07, 6.45) is 3.95. The van der Waals surface area contributed by atoms with Crippen LogP contribution in [0.25, 0.3) is 5.69 Å². The van der Waals surface area contributed by atoms with Crippen molar-refractivity contribution in [3.63, 3.8) is 0 Å². The van der Waals surface area contributed by atoms with Crippen molar-refractivity contribution < 1.29 is 8.42 Å². The van der Waals surface area contributed by atoms with E-state index in [1.807, 2.05) is 13.0 Å². The number of hydrogen-bond donors (Lipinski definition) is 0. The molecule has 110 valence electrons. The second-order valence-corrected chi connectivity index (χ2v) is 6.57. The van der Waals surface area contributed by atoms with Crippen LogP contribution in [-0.2, 0) is 9.84 Å². The van der Waals surface area contributed by atoms with Crippen molar-refractivity contribution in [2.75, 3.05) is 5.75 Å². The fourth-order valence-electron chi connectivity index (χ4n) is 1.70. The van der Waals surface area contributed by atoms with E-state index in [9.17, 15) is 8.42 Å². The van der Waals surface area contributed by atoms with Crippen LogP contribution in [-0.4, -0.2) is 34.4 Å². The zero-order valence-corrected chi connectivity index (χ0v) is 12.5. The number of rotatable bonds is 6. The summed E-state index contributed by atoms with van der Waals surface area (Å²) < 4.78 is 25.9. The highest BCUT2D eigenvalue weighted by atomic mass is 32.2. The summed E-state index contributed by atoms with van der Waals surface area (Å²) in [5.41, 5.74) is 1.49. The van der Waals surface area contributed by atoms with Gasteiger partial charge in [-0.15, -0.1) is 0 Å². The van der Waals surface area contributed by atoms with Gasteiger partial charge in [-0.25, -0.2) is 8.42 Å². The fraction of sp³-hybridized carbons (Fsp3) is 0.214. The van der Waals surface area contributed by atoms with E-state index in [-0.39, 0.29) is 10.9 Å². The smallest absolute Gasteiger partial charge is 0.220 e. The van der Waals surface area contributed by atoms with Crippen LogP contribution in [0, 0.1) is 0 Å². The third-order valence-electron chi connectivity index (χ3n) is 2.68. The average molecular weight is 304 g/mol. The summed E-state index contributed by atoms with van der Waals surface area (Å²) in [6.45, 7) is 5.57. The molecule has 0 atom stereocenters. The van der Waals surface area contributed by atoms with Crippen molar-refractivity contribution in [1.82, 2.24) is 20.2 Å². The molecule has 0 saturated carbocycles. The summed E-state index contributed by atoms with van der Waals surface area (Å²) in [5.74, 6) is -0.0516. The second kappa shape index (κ2) is 6.45. The predicted octanol–water partition coefficient (Wildman–Crippen LogP) is 1.96. The molecule has 21 heavy (non-hydrogen) atoms. The number of allylic oxidation sites excluding steroid dienone is 3. The van der Waals surface area contributed by atoms with Gasteiger partial charge in [0.05, 0.1) is 11.4 Å². The van der Waals surface area contributed by atoms with Crippen LogP contribution in [0.2, 0.25) is 0 Å². The highest BCUT2D eigenvalue weighted by Gasteiger charge is 2.22. The second-order valence-electron chi connectivity index (χ2n) is 4.57. The number of benzene rings is 1. The van der Waals surface area contributed by atoms with E-state index < -0.39 is 9.84 Å². The minimum Gasteiger partial charge on any atom is -0.220 e. The normalized spacial score (nSPS) is 11.9. The molecule has 1 aromatic heterocycles. The summed E-state index contributed by atoms with van der Waals surface area (Å²) in [6, 6.07) is 8.92. The van der Waals surface area contributed by atoms with E-state index in [0.717, 1.165) is 5.57 Å². The Morgan fingerprint density at radius 3 is 2.71 bits per heavy atom. The molecule has 0 aliphatic heterocycles. The predicted molar refractivity (Wildman–Crippen MR) is 79.8 cm³/mol. The molecule has 0 bridgehead atoms. The van der Waals surface area contributed by atoms with Crippen molar-refractivity contribution in [3.05, 3.63) is 54.6 Å². The molecule has 6 nitrogen and oxygen atoms in total. The molecule has 0 radical (unpaired) electrons. The molecule has 1 aromatic carbocycles. The van der Waals surface area contributed by atoms with Gasteiger partial charge in [0, 0.05) is 0 Å². The van der Waals surface area contributed by atoms with Gasteiger partial charge in [-0.2, -0.15) is 4.68 Å². The van der Waals surface area contributed by atoms with Gasteiger partial charge in [0.15, 0.2) is 0 Å². The van der Waals surface area contributed by atoms with Crippen LogP contribution >= 0.6 is 0 Å². The molecule has 7 heteroatoms. The molecule has 0 N–H and O–H groups in total. The molecular weight excluding hydrogens is 288 g/mol. The van der Waals surface area contributed by atoms with Crippen molar-refractivity contribution in [2.24, 2.45) is 0 Å². The zero-order chi connectivity index (χ0) is 15.3. The van der Waals surface area contributed by atoms with Gasteiger partial charge in [0.1, 0.15) is 0 Å². The van der Waals surface area contributed by atoms with Gasteiger partial charge < -0.3 is 0 Å². The van der Waals surface area contributed by atoms with Gasteiger partial charge >= 0.3 is 0 Å². The topological polar surface area (TPSA) is 77.7 Å². The maximum absolute atomic E-state index is 12.3. The van der Waals surface area contributed by atoms with Crippen LogP contribution in [0.3, 0.4) is 0 Å². The summed E-state index contributed by atoms with van der Waals surface area (Å²) in [5, 5.41) is 10.7. The van der Waals surface area contributed by atoms with Gasteiger partial charge in [-0.1, -0.05) is 47.6 Å². The quantitative estimate of drug-likeness (QED) is 0.762. The lowest BCUT2D eigenvalue weighted by molar-refractivity contribution is 0.580. The number of aromatic nitrogens is 4. The molecule has 0 unspecified atom stereocenters. The third-order valence-corrected chi connectivity index (χ3v) is 4.26. The Hall–Kier alpha value is -2.28. The van der Waals surface area contributed by atoms with Crippen molar-refractivity contribution >= 4 is 9.84 Å². The Balaban J connectivity index is 2.22. The van der Waals surface area contributed by atoms with E-state index >= 15 is 0 Å². The van der Waals surface area contributed by atoms with Crippen LogP contribution < -0.4 is 0 Å². The first-order chi connectivity index (χ1) is 10.0. The van der Waals surface area contributed by atoms with Gasteiger partial charge in [-0.3, -0.25) is 0 Å². The largest absolute Gasteiger partial charge is 0.272 e. The van der Waals surface area contributed by atoms with Crippen molar-refractivity contribution in [3.8, 4) is 5.69 Å². The maximum Gasteiger partial charge on any atom is 0.272 e. The lowest BCUT2D eigenvalue weighted by Crippen LogP contribution is -2.13. The monoisotopic (exact) mass is 304 g/mol. The molecule has 0 spiro atoms. The number of tetrazole rings is 1. The lowest BCUT2D eigenvalue weighted by Gasteiger charge is -2.04. The Morgan fingerprint density at radius 1 is 1.33 bits per heavy atom. The van der Waals surface area contributed by atoms with Gasteiger partial charge in [0.2, 0.25) is 9.84 Å². The highest BCUT2D eigenvalue weighted by Crippen LogP contribution is 2.13.